The zero-order valence-corrected chi connectivity index (χ0v) is 12.5. The Balaban J connectivity index is 2.83. The third-order valence-corrected chi connectivity index (χ3v) is 4.92. The number of benzene rings is 1. The van der Waals surface area contributed by atoms with Gasteiger partial charge >= 0.3 is 0 Å². The van der Waals surface area contributed by atoms with Crippen molar-refractivity contribution >= 4 is 37.4 Å². The number of sulfonamides is 1. The van der Waals surface area contributed by atoms with E-state index in [1.807, 2.05) is 0 Å². The summed E-state index contributed by atoms with van der Waals surface area (Å²) in [7, 11) is -8.16. The van der Waals surface area contributed by atoms with Gasteiger partial charge in [0.25, 0.3) is 10.1 Å². The summed E-state index contributed by atoms with van der Waals surface area (Å²) >= 11 is 5.57. The highest BCUT2D eigenvalue weighted by Gasteiger charge is 2.20. The van der Waals surface area contributed by atoms with Crippen molar-refractivity contribution < 1.29 is 26.5 Å². The van der Waals surface area contributed by atoms with E-state index in [2.05, 4.69) is 4.72 Å². The molecule has 0 atom stereocenters. The van der Waals surface area contributed by atoms with Crippen LogP contribution in [-0.2, 0) is 20.1 Å². The van der Waals surface area contributed by atoms with E-state index in [1.165, 1.54) is 6.07 Å². The first-order valence-corrected chi connectivity index (χ1v) is 8.73. The zero-order valence-electron chi connectivity index (χ0n) is 10.1. The number of phenolic OH excluding ortho intramolecular Hbond substituents is 1. The minimum Gasteiger partial charge on any atom is -0.504 e. The van der Waals surface area contributed by atoms with Crippen molar-refractivity contribution in [2.45, 2.75) is 11.3 Å². The van der Waals surface area contributed by atoms with Crippen molar-refractivity contribution in [1.29, 1.82) is 0 Å². The Bertz CT molecular complexity index is 701. The van der Waals surface area contributed by atoms with E-state index in [0.717, 1.165) is 6.07 Å². The van der Waals surface area contributed by atoms with Gasteiger partial charge in [-0.2, -0.15) is 8.42 Å². The van der Waals surface area contributed by atoms with Gasteiger partial charge in [0.15, 0.2) is 5.75 Å². The number of hydrogen-bond acceptors (Lipinski definition) is 6. The summed E-state index contributed by atoms with van der Waals surface area (Å²) in [5.74, 6) is -1.12. The molecule has 0 aromatic heterocycles. The van der Waals surface area contributed by atoms with Crippen molar-refractivity contribution in [1.82, 2.24) is 4.72 Å². The monoisotopic (exact) mass is 344 g/mol. The highest BCUT2D eigenvalue weighted by Crippen LogP contribution is 2.34. The molecule has 1 aromatic carbocycles. The molecule has 8 nitrogen and oxygen atoms in total. The number of halogens is 1. The average Bonchev–Trinajstić information content (AvgIpc) is 2.30. The summed E-state index contributed by atoms with van der Waals surface area (Å²) < 4.78 is 55.3. The summed E-state index contributed by atoms with van der Waals surface area (Å²) in [5, 5.41) is 9.38. The SMILES string of the molecule is Nc1c(S(=O)(=O)NCCCS(=O)(=O)O)ccc(Cl)c1O. The first-order chi connectivity index (χ1) is 9.04. The molecule has 1 rings (SSSR count). The highest BCUT2D eigenvalue weighted by atomic mass is 35.5. The van der Waals surface area contributed by atoms with E-state index in [4.69, 9.17) is 21.9 Å². The molecule has 20 heavy (non-hydrogen) atoms. The molecule has 5 N–H and O–H groups in total. The number of nitrogen functional groups attached to an aromatic ring is 1. The molecular formula is C9H13ClN2O6S2. The predicted molar refractivity (Wildman–Crippen MR) is 73.8 cm³/mol. The second-order valence-electron chi connectivity index (χ2n) is 3.85. The molecule has 0 heterocycles. The van der Waals surface area contributed by atoms with Crippen LogP contribution in [0.2, 0.25) is 5.02 Å². The van der Waals surface area contributed by atoms with Crippen molar-refractivity contribution in [3.05, 3.63) is 17.2 Å². The lowest BCUT2D eigenvalue weighted by Crippen LogP contribution is -2.27. The topological polar surface area (TPSA) is 147 Å². The van der Waals surface area contributed by atoms with Crippen LogP contribution in [0.25, 0.3) is 0 Å². The molecule has 0 amide bonds. The third kappa shape index (κ3) is 4.49. The summed E-state index contributed by atoms with van der Waals surface area (Å²) in [6.07, 6.45) is -0.114. The van der Waals surface area contributed by atoms with Crippen LogP contribution >= 0.6 is 11.6 Å². The van der Waals surface area contributed by atoms with Crippen LogP contribution in [0.3, 0.4) is 0 Å². The lowest BCUT2D eigenvalue weighted by Gasteiger charge is -2.10. The van der Waals surface area contributed by atoms with Crippen molar-refractivity contribution in [2.75, 3.05) is 18.0 Å². The molecule has 0 bridgehead atoms. The summed E-state index contributed by atoms with van der Waals surface area (Å²) in [5.41, 5.74) is 5.05. The van der Waals surface area contributed by atoms with Gasteiger partial charge in [-0.1, -0.05) is 11.6 Å². The van der Waals surface area contributed by atoms with E-state index < -0.39 is 37.3 Å². The maximum atomic E-state index is 11.9. The molecule has 0 spiro atoms. The fourth-order valence-corrected chi connectivity index (χ4v) is 3.21. The van der Waals surface area contributed by atoms with Crippen molar-refractivity contribution in [3.63, 3.8) is 0 Å². The van der Waals surface area contributed by atoms with Crippen LogP contribution in [-0.4, -0.2) is 38.8 Å². The molecule has 0 fully saturated rings. The van der Waals surface area contributed by atoms with Gasteiger partial charge in [0.05, 0.1) is 16.5 Å². The summed E-state index contributed by atoms with van der Waals surface area (Å²) in [6.45, 7) is -0.217. The Labute approximate surface area is 121 Å². The standard InChI is InChI=1S/C9H13ClN2O6S2/c10-6-2-3-7(8(11)9(6)13)20(17,18)12-4-1-5-19(14,15)16/h2-3,12-13H,1,4-5,11H2,(H,14,15,16). The van der Waals surface area contributed by atoms with E-state index >= 15 is 0 Å². The number of phenols is 1. The van der Waals surface area contributed by atoms with Crippen LogP contribution < -0.4 is 10.5 Å². The van der Waals surface area contributed by atoms with E-state index in [1.54, 1.807) is 0 Å². The van der Waals surface area contributed by atoms with E-state index in [9.17, 15) is 21.9 Å². The molecule has 11 heteroatoms. The minimum atomic E-state index is -4.14. The Morgan fingerprint density at radius 3 is 2.40 bits per heavy atom. The normalized spacial score (nSPS) is 12.5. The van der Waals surface area contributed by atoms with Crippen LogP contribution in [0.15, 0.2) is 17.0 Å². The Morgan fingerprint density at radius 1 is 1.25 bits per heavy atom. The van der Waals surface area contributed by atoms with Gasteiger partial charge in [-0.3, -0.25) is 4.55 Å². The predicted octanol–water partition coefficient (Wildman–Crippen LogP) is 0.184. The van der Waals surface area contributed by atoms with Gasteiger partial charge in [-0.25, -0.2) is 13.1 Å². The van der Waals surface area contributed by atoms with Gasteiger partial charge < -0.3 is 10.8 Å². The number of nitrogens with two attached hydrogens (primary N) is 1. The quantitative estimate of drug-likeness (QED) is 0.249. The first-order valence-electron chi connectivity index (χ1n) is 5.26. The van der Waals surface area contributed by atoms with Gasteiger partial charge in [0, 0.05) is 6.54 Å². The Hall–Kier alpha value is -1.07. The van der Waals surface area contributed by atoms with Crippen LogP contribution in [0, 0.1) is 0 Å². The van der Waals surface area contributed by atoms with E-state index in [0.29, 0.717) is 0 Å². The molecular weight excluding hydrogens is 332 g/mol. The zero-order chi connectivity index (χ0) is 15.6. The lowest BCUT2D eigenvalue weighted by atomic mass is 10.3. The second-order valence-corrected chi connectivity index (χ2v) is 7.56. The molecule has 0 aliphatic heterocycles. The second kappa shape index (κ2) is 6.14. The molecule has 0 radical (unpaired) electrons. The summed E-state index contributed by atoms with van der Waals surface area (Å²) in [4.78, 5) is -0.369. The molecule has 114 valence electrons. The number of nitrogens with one attached hydrogen (secondary N) is 1. The lowest BCUT2D eigenvalue weighted by molar-refractivity contribution is 0.476. The maximum absolute atomic E-state index is 11.9. The fourth-order valence-electron chi connectivity index (χ4n) is 1.34. The third-order valence-electron chi connectivity index (χ3n) is 2.29. The van der Waals surface area contributed by atoms with Crippen molar-refractivity contribution in [3.8, 4) is 5.75 Å². The van der Waals surface area contributed by atoms with E-state index in [-0.39, 0.29) is 22.9 Å². The van der Waals surface area contributed by atoms with Gasteiger partial charge in [0.2, 0.25) is 10.0 Å². The molecule has 0 aliphatic rings. The van der Waals surface area contributed by atoms with Crippen molar-refractivity contribution in [2.24, 2.45) is 0 Å². The summed E-state index contributed by atoms with van der Waals surface area (Å²) in [6, 6.07) is 2.28. The largest absolute Gasteiger partial charge is 0.504 e. The fraction of sp³-hybridized carbons (Fsp3) is 0.333. The number of rotatable bonds is 6. The number of anilines is 1. The first kappa shape index (κ1) is 17.0. The number of hydrogen-bond donors (Lipinski definition) is 4. The Morgan fingerprint density at radius 2 is 1.85 bits per heavy atom. The highest BCUT2D eigenvalue weighted by molar-refractivity contribution is 7.89. The van der Waals surface area contributed by atoms with Crippen LogP contribution in [0.4, 0.5) is 5.69 Å². The van der Waals surface area contributed by atoms with Gasteiger partial charge in [-0.15, -0.1) is 0 Å². The number of aromatic hydroxyl groups is 1. The van der Waals surface area contributed by atoms with Gasteiger partial charge in [0.1, 0.15) is 4.90 Å². The van der Waals surface area contributed by atoms with Crippen LogP contribution in [0.5, 0.6) is 5.75 Å². The average molecular weight is 345 g/mol. The molecule has 0 unspecified atom stereocenters. The minimum absolute atomic E-state index is 0.0900. The van der Waals surface area contributed by atoms with Gasteiger partial charge in [-0.05, 0) is 18.6 Å². The Kier molecular flexibility index (Phi) is 5.21. The molecule has 0 saturated carbocycles. The van der Waals surface area contributed by atoms with Crippen LogP contribution in [0.1, 0.15) is 6.42 Å². The molecule has 1 aromatic rings. The molecule has 0 aliphatic carbocycles. The maximum Gasteiger partial charge on any atom is 0.264 e. The molecule has 0 saturated heterocycles. The smallest absolute Gasteiger partial charge is 0.264 e.